The summed E-state index contributed by atoms with van der Waals surface area (Å²) in [6.07, 6.45) is 0. The van der Waals surface area contributed by atoms with Crippen LogP contribution in [0, 0.1) is 17.3 Å². The molecule has 1 heterocycles. The highest BCUT2D eigenvalue weighted by molar-refractivity contribution is 5.97. The van der Waals surface area contributed by atoms with Crippen LogP contribution < -0.4 is 5.32 Å². The number of carbonyl (C=O) groups is 2. The molecule has 2 unspecified atom stereocenters. The van der Waals surface area contributed by atoms with Crippen molar-refractivity contribution >= 4 is 11.8 Å². The monoisotopic (exact) mass is 268 g/mol. The van der Waals surface area contributed by atoms with Crippen LogP contribution in [-0.4, -0.2) is 35.3 Å². The SMILES string of the molecule is CC(C)CN1C(=O)C(C(C)(C)C)NC(=O)C1C(C)C. The molecule has 1 aliphatic rings. The molecule has 0 aromatic heterocycles. The van der Waals surface area contributed by atoms with E-state index in [2.05, 4.69) is 19.2 Å². The van der Waals surface area contributed by atoms with E-state index in [0.717, 1.165) is 0 Å². The second kappa shape index (κ2) is 5.51. The highest BCUT2D eigenvalue weighted by atomic mass is 16.2. The third-order valence-corrected chi connectivity index (χ3v) is 3.48. The summed E-state index contributed by atoms with van der Waals surface area (Å²) in [5.74, 6) is 0.523. The smallest absolute Gasteiger partial charge is 0.246 e. The third kappa shape index (κ3) is 3.48. The molecule has 0 aromatic carbocycles. The summed E-state index contributed by atoms with van der Waals surface area (Å²) in [5.41, 5.74) is -0.260. The number of hydrogen-bond donors (Lipinski definition) is 1. The summed E-state index contributed by atoms with van der Waals surface area (Å²) in [5, 5.41) is 2.91. The number of carbonyl (C=O) groups excluding carboxylic acids is 2. The first-order chi connectivity index (χ1) is 8.55. The van der Waals surface area contributed by atoms with Crippen molar-refractivity contribution in [1.29, 1.82) is 0 Å². The fourth-order valence-electron chi connectivity index (χ4n) is 2.58. The zero-order valence-electron chi connectivity index (χ0n) is 13.3. The molecule has 2 amide bonds. The summed E-state index contributed by atoms with van der Waals surface area (Å²) in [7, 11) is 0. The van der Waals surface area contributed by atoms with E-state index in [1.165, 1.54) is 0 Å². The van der Waals surface area contributed by atoms with E-state index in [1.807, 2.05) is 34.6 Å². The van der Waals surface area contributed by atoms with Gasteiger partial charge in [-0.05, 0) is 17.3 Å². The van der Waals surface area contributed by atoms with E-state index in [0.29, 0.717) is 12.5 Å². The number of rotatable bonds is 3. The first-order valence-electron chi connectivity index (χ1n) is 7.16. The van der Waals surface area contributed by atoms with Gasteiger partial charge in [-0.3, -0.25) is 9.59 Å². The minimum absolute atomic E-state index is 0.0184. The Bertz CT molecular complexity index is 356. The molecule has 1 rings (SSSR count). The van der Waals surface area contributed by atoms with Crippen LogP contribution in [0.2, 0.25) is 0 Å². The number of nitrogens with one attached hydrogen (secondary N) is 1. The Hall–Kier alpha value is -1.06. The van der Waals surface area contributed by atoms with Gasteiger partial charge in [0.05, 0.1) is 0 Å². The molecule has 19 heavy (non-hydrogen) atoms. The Morgan fingerprint density at radius 3 is 2.05 bits per heavy atom. The second-order valence-corrected chi connectivity index (χ2v) is 7.38. The van der Waals surface area contributed by atoms with Crippen LogP contribution in [0.15, 0.2) is 0 Å². The molecule has 1 saturated heterocycles. The van der Waals surface area contributed by atoms with Crippen LogP contribution in [0.5, 0.6) is 0 Å². The van der Waals surface area contributed by atoms with Crippen molar-refractivity contribution in [2.24, 2.45) is 17.3 Å². The zero-order valence-corrected chi connectivity index (χ0v) is 13.3. The van der Waals surface area contributed by atoms with Crippen LogP contribution >= 0.6 is 0 Å². The lowest BCUT2D eigenvalue weighted by Gasteiger charge is -2.45. The topological polar surface area (TPSA) is 49.4 Å². The minimum Gasteiger partial charge on any atom is -0.342 e. The van der Waals surface area contributed by atoms with Gasteiger partial charge in [-0.25, -0.2) is 0 Å². The second-order valence-electron chi connectivity index (χ2n) is 7.38. The van der Waals surface area contributed by atoms with E-state index < -0.39 is 6.04 Å². The lowest BCUT2D eigenvalue weighted by atomic mass is 9.82. The quantitative estimate of drug-likeness (QED) is 0.851. The molecule has 4 heteroatoms. The average molecular weight is 268 g/mol. The van der Waals surface area contributed by atoms with Gasteiger partial charge in [-0.15, -0.1) is 0 Å². The standard InChI is InChI=1S/C15H28N2O2/c1-9(2)8-17-11(10(3)4)13(18)16-12(14(17)19)15(5,6)7/h9-12H,8H2,1-7H3,(H,16,18). The van der Waals surface area contributed by atoms with Gasteiger partial charge >= 0.3 is 0 Å². The lowest BCUT2D eigenvalue weighted by Crippen LogP contribution is -2.68. The van der Waals surface area contributed by atoms with E-state index in [9.17, 15) is 9.59 Å². The Labute approximate surface area is 116 Å². The van der Waals surface area contributed by atoms with Crippen molar-refractivity contribution in [1.82, 2.24) is 10.2 Å². The van der Waals surface area contributed by atoms with Gasteiger partial charge in [-0.2, -0.15) is 0 Å². The average Bonchev–Trinajstić information content (AvgIpc) is 2.20. The van der Waals surface area contributed by atoms with Crippen molar-refractivity contribution < 1.29 is 9.59 Å². The summed E-state index contributed by atoms with van der Waals surface area (Å²) in [6.45, 7) is 14.7. The molecule has 0 saturated carbocycles. The molecule has 1 aliphatic heterocycles. The molecular formula is C15H28N2O2. The number of amides is 2. The van der Waals surface area contributed by atoms with Crippen molar-refractivity contribution in [3.05, 3.63) is 0 Å². The van der Waals surface area contributed by atoms with E-state index in [-0.39, 0.29) is 29.2 Å². The van der Waals surface area contributed by atoms with Crippen LogP contribution in [0.3, 0.4) is 0 Å². The highest BCUT2D eigenvalue weighted by Crippen LogP contribution is 2.27. The fraction of sp³-hybridized carbons (Fsp3) is 0.867. The van der Waals surface area contributed by atoms with Crippen molar-refractivity contribution in [3.8, 4) is 0 Å². The molecule has 4 nitrogen and oxygen atoms in total. The van der Waals surface area contributed by atoms with Gasteiger partial charge in [-0.1, -0.05) is 48.5 Å². The summed E-state index contributed by atoms with van der Waals surface area (Å²) < 4.78 is 0. The number of hydrogen-bond acceptors (Lipinski definition) is 2. The van der Waals surface area contributed by atoms with Crippen LogP contribution in [0.4, 0.5) is 0 Å². The predicted molar refractivity (Wildman–Crippen MR) is 76.6 cm³/mol. The van der Waals surface area contributed by atoms with E-state index in [1.54, 1.807) is 4.90 Å². The van der Waals surface area contributed by atoms with Gasteiger partial charge in [0, 0.05) is 6.54 Å². The maximum absolute atomic E-state index is 12.7. The Kier molecular flexibility index (Phi) is 4.64. The summed E-state index contributed by atoms with van der Waals surface area (Å²) in [4.78, 5) is 26.8. The maximum atomic E-state index is 12.7. The lowest BCUT2D eigenvalue weighted by molar-refractivity contribution is -0.154. The van der Waals surface area contributed by atoms with Crippen molar-refractivity contribution in [2.45, 2.75) is 60.5 Å². The summed E-state index contributed by atoms with van der Waals surface area (Å²) >= 11 is 0. The summed E-state index contributed by atoms with van der Waals surface area (Å²) in [6, 6.07) is -0.762. The molecule has 0 spiro atoms. The maximum Gasteiger partial charge on any atom is 0.246 e. The zero-order chi connectivity index (χ0) is 15.0. The Balaban J connectivity index is 3.08. The third-order valence-electron chi connectivity index (χ3n) is 3.48. The van der Waals surface area contributed by atoms with Gasteiger partial charge in [0.25, 0.3) is 0 Å². The number of nitrogens with zero attached hydrogens (tertiary/aromatic N) is 1. The molecule has 2 atom stereocenters. The molecule has 1 fully saturated rings. The Morgan fingerprint density at radius 2 is 1.68 bits per heavy atom. The molecule has 0 radical (unpaired) electrons. The number of piperazine rings is 1. The van der Waals surface area contributed by atoms with Crippen LogP contribution in [0.1, 0.15) is 48.5 Å². The van der Waals surface area contributed by atoms with Gasteiger partial charge in [0.2, 0.25) is 11.8 Å². The van der Waals surface area contributed by atoms with Crippen molar-refractivity contribution in [3.63, 3.8) is 0 Å². The van der Waals surface area contributed by atoms with Gasteiger partial charge in [0.1, 0.15) is 12.1 Å². The van der Waals surface area contributed by atoms with Gasteiger partial charge in [0.15, 0.2) is 0 Å². The first kappa shape index (κ1) is 16.0. The largest absolute Gasteiger partial charge is 0.342 e. The molecular weight excluding hydrogens is 240 g/mol. The predicted octanol–water partition coefficient (Wildman–Crippen LogP) is 2.04. The molecule has 1 N–H and O–H groups in total. The van der Waals surface area contributed by atoms with E-state index in [4.69, 9.17) is 0 Å². The molecule has 0 aromatic rings. The van der Waals surface area contributed by atoms with Crippen LogP contribution in [-0.2, 0) is 9.59 Å². The molecule has 110 valence electrons. The molecule has 0 bridgehead atoms. The normalized spacial score (nSPS) is 25.2. The minimum atomic E-state index is -0.422. The van der Waals surface area contributed by atoms with E-state index >= 15 is 0 Å². The molecule has 0 aliphatic carbocycles. The highest BCUT2D eigenvalue weighted by Gasteiger charge is 2.46. The fourth-order valence-corrected chi connectivity index (χ4v) is 2.58. The van der Waals surface area contributed by atoms with Gasteiger partial charge < -0.3 is 10.2 Å². The van der Waals surface area contributed by atoms with Crippen LogP contribution in [0.25, 0.3) is 0 Å². The van der Waals surface area contributed by atoms with Crippen molar-refractivity contribution in [2.75, 3.05) is 6.54 Å². The Morgan fingerprint density at radius 1 is 1.16 bits per heavy atom. The first-order valence-corrected chi connectivity index (χ1v) is 7.16.